The molecule has 0 saturated carbocycles. The summed E-state index contributed by atoms with van der Waals surface area (Å²) in [6.07, 6.45) is 0. The first-order chi connectivity index (χ1) is 30.1. The van der Waals surface area contributed by atoms with Gasteiger partial charge in [-0.05, 0) is 78.0 Å². The minimum atomic E-state index is 0. The molecule has 0 N–H and O–H groups in total. The van der Waals surface area contributed by atoms with E-state index < -0.39 is 0 Å². The molecule has 14 heteroatoms. The average molecular weight is 1030 g/mol. The Morgan fingerprint density at radius 2 is 0.400 bits per heavy atom. The zero-order valence-electron chi connectivity index (χ0n) is 51.9. The van der Waals surface area contributed by atoms with E-state index in [0.29, 0.717) is 0 Å². The molecule has 4 heterocycles. The van der Waals surface area contributed by atoms with E-state index >= 15 is 0 Å². The third-order valence-electron chi connectivity index (χ3n) is 10.3. The molecule has 12 nitrogen and oxygen atoms in total. The number of rotatable bonds is 6. The van der Waals surface area contributed by atoms with Crippen LogP contribution in [0.15, 0.2) is 24.3 Å². The Morgan fingerprint density at radius 3 is 0.457 bits per heavy atom. The van der Waals surface area contributed by atoms with E-state index in [-0.39, 0.29) is 119 Å². The molecule has 0 aromatic carbocycles. The predicted molar refractivity (Wildman–Crippen MR) is 306 cm³/mol. The van der Waals surface area contributed by atoms with Gasteiger partial charge in [-0.2, -0.15) is 0 Å². The fraction of sp³-hybridized carbons (Fsp3) is 0.786. The summed E-state index contributed by atoms with van der Waals surface area (Å²) in [5, 5.41) is 33.6. The summed E-state index contributed by atoms with van der Waals surface area (Å²) in [7, 11) is 16.7. The SMILES string of the molecule is CC(C)(C)c1cc(C(C)(C)C)[n-]n1.CC(C)(C)c1cc(C(C)(C)C)[n-]n1.CC(C)(C)c1cc(C(C)(C)C)[n-]n1.CC(C)(C)c1cc(C(C)(C)C)[n-]n1.CN(C)CCN(C)C.CN(C)CCN(C)C.[Ca+2].[Ca+2]. The van der Waals surface area contributed by atoms with Gasteiger partial charge in [-0.25, -0.2) is 0 Å². The summed E-state index contributed by atoms with van der Waals surface area (Å²) in [5.74, 6) is 0. The maximum absolute atomic E-state index is 4.20. The summed E-state index contributed by atoms with van der Waals surface area (Å²) >= 11 is 0. The molecule has 70 heavy (non-hydrogen) atoms. The van der Waals surface area contributed by atoms with Crippen LogP contribution in [0.25, 0.3) is 0 Å². The van der Waals surface area contributed by atoms with Crippen LogP contribution in [-0.4, -0.2) is 198 Å². The summed E-state index contributed by atoms with van der Waals surface area (Å²) in [4.78, 5) is 8.72. The van der Waals surface area contributed by atoms with Crippen LogP contribution in [0.2, 0.25) is 0 Å². The summed E-state index contributed by atoms with van der Waals surface area (Å²) in [6, 6.07) is 8.44. The normalized spacial score (nSPS) is 12.5. The zero-order chi connectivity index (χ0) is 54.2. The second-order valence-electron chi connectivity index (χ2n) is 27.7. The average Bonchev–Trinajstić information content (AvgIpc) is 3.95. The van der Waals surface area contributed by atoms with Crippen molar-refractivity contribution in [1.29, 1.82) is 0 Å². The van der Waals surface area contributed by atoms with Crippen LogP contribution in [0.5, 0.6) is 0 Å². The fourth-order valence-electron chi connectivity index (χ4n) is 4.91. The first kappa shape index (κ1) is 75.7. The van der Waals surface area contributed by atoms with Crippen molar-refractivity contribution in [1.82, 2.24) is 60.4 Å². The van der Waals surface area contributed by atoms with Gasteiger partial charge in [0.15, 0.2) is 0 Å². The van der Waals surface area contributed by atoms with Crippen molar-refractivity contribution in [3.05, 3.63) is 69.8 Å². The molecule has 0 aliphatic rings. The largest absolute Gasteiger partial charge is 2.00 e. The molecule has 0 unspecified atom stereocenters. The van der Waals surface area contributed by atoms with Crippen LogP contribution < -0.4 is 20.4 Å². The Bertz CT molecular complexity index is 1530. The van der Waals surface area contributed by atoms with Gasteiger partial charge in [-0.1, -0.05) is 190 Å². The van der Waals surface area contributed by atoms with Gasteiger partial charge in [0.05, 0.1) is 0 Å². The van der Waals surface area contributed by atoms with E-state index in [1.165, 1.54) is 0 Å². The maximum atomic E-state index is 4.20. The fourth-order valence-corrected chi connectivity index (χ4v) is 4.91. The van der Waals surface area contributed by atoms with E-state index in [2.05, 4.69) is 307 Å². The second kappa shape index (κ2) is 31.3. The molecule has 0 atom stereocenters. The third-order valence-corrected chi connectivity index (χ3v) is 10.3. The number of hydrogen-bond donors (Lipinski definition) is 0. The molecule has 0 aliphatic heterocycles. The van der Waals surface area contributed by atoms with Crippen molar-refractivity contribution in [3.63, 3.8) is 0 Å². The van der Waals surface area contributed by atoms with Gasteiger partial charge in [0, 0.05) is 70.6 Å². The Balaban J connectivity index is -0.000000376. The van der Waals surface area contributed by atoms with E-state index in [1.807, 2.05) is 0 Å². The molecule has 0 saturated heterocycles. The topological polar surface area (TPSA) is 121 Å². The molecule has 4 aromatic rings. The van der Waals surface area contributed by atoms with Gasteiger partial charge in [0.1, 0.15) is 0 Å². The van der Waals surface area contributed by atoms with Gasteiger partial charge < -0.3 is 60.4 Å². The van der Waals surface area contributed by atoms with E-state index in [0.717, 1.165) is 71.7 Å². The Labute approximate surface area is 493 Å². The van der Waals surface area contributed by atoms with Crippen LogP contribution >= 0.6 is 0 Å². The summed E-state index contributed by atoms with van der Waals surface area (Å²) in [5.41, 5.74) is 9.51. The molecule has 0 aliphatic carbocycles. The van der Waals surface area contributed by atoms with Gasteiger partial charge in [-0.15, -0.1) is 22.8 Å². The first-order valence-corrected chi connectivity index (χ1v) is 24.7. The molecular weight excluding hydrogens is 921 g/mol. The van der Waals surface area contributed by atoms with Crippen molar-refractivity contribution in [2.45, 2.75) is 209 Å². The molecule has 0 bridgehead atoms. The van der Waals surface area contributed by atoms with Crippen LogP contribution in [0, 0.1) is 0 Å². The Hall–Kier alpha value is -0.801. The standard InChI is InChI=1S/4C11H19N2.2C6H16N2.2Ca/c4*1-10(2,3)8-7-9(13-12-8)11(4,5)6;2*1-7(2)5-6-8(3)4;;/h4*7H,1-6H3;2*5-6H2,1-4H3;;/q4*-1;;;2*+2. The Morgan fingerprint density at radius 1 is 0.271 bits per heavy atom. The molecule has 0 spiro atoms. The van der Waals surface area contributed by atoms with Crippen molar-refractivity contribution in [3.8, 4) is 0 Å². The van der Waals surface area contributed by atoms with Crippen molar-refractivity contribution in [2.24, 2.45) is 0 Å². The zero-order valence-corrected chi connectivity index (χ0v) is 56.3. The van der Waals surface area contributed by atoms with Gasteiger partial charge in [0.25, 0.3) is 0 Å². The van der Waals surface area contributed by atoms with Gasteiger partial charge in [0.2, 0.25) is 0 Å². The first-order valence-electron chi connectivity index (χ1n) is 24.7. The molecule has 4 rings (SSSR count). The predicted octanol–water partition coefficient (Wildman–Crippen LogP) is 9.99. The molecule has 4 aromatic heterocycles. The minimum absolute atomic E-state index is 0. The molecular formula is C56H108Ca2N12. The van der Waals surface area contributed by atoms with Crippen LogP contribution in [0.3, 0.4) is 0 Å². The minimum Gasteiger partial charge on any atom is -0.578 e. The quantitative estimate of drug-likeness (QED) is 0.171. The van der Waals surface area contributed by atoms with Crippen molar-refractivity contribution < 1.29 is 0 Å². The molecule has 0 radical (unpaired) electrons. The van der Waals surface area contributed by atoms with Crippen LogP contribution in [0.1, 0.15) is 212 Å². The van der Waals surface area contributed by atoms with Gasteiger partial charge >= 0.3 is 75.5 Å². The van der Waals surface area contributed by atoms with Crippen molar-refractivity contribution >= 4 is 75.5 Å². The number of aromatic nitrogens is 8. The number of likely N-dealkylation sites (N-methyl/N-ethyl adjacent to an activating group) is 4. The molecule has 396 valence electrons. The number of hydrogen-bond acceptors (Lipinski definition) is 8. The monoisotopic (exact) mass is 1030 g/mol. The maximum Gasteiger partial charge on any atom is 2.00 e. The smallest absolute Gasteiger partial charge is 0.578 e. The van der Waals surface area contributed by atoms with Crippen LogP contribution in [0.4, 0.5) is 0 Å². The van der Waals surface area contributed by atoms with Gasteiger partial charge in [-0.3, -0.25) is 0 Å². The summed E-state index contributed by atoms with van der Waals surface area (Å²) in [6.45, 7) is 56.3. The van der Waals surface area contributed by atoms with E-state index in [4.69, 9.17) is 0 Å². The number of nitrogens with zero attached hydrogens (tertiary/aromatic N) is 12. The van der Waals surface area contributed by atoms with Crippen molar-refractivity contribution in [2.75, 3.05) is 82.6 Å². The van der Waals surface area contributed by atoms with E-state index in [1.54, 1.807) is 0 Å². The summed E-state index contributed by atoms with van der Waals surface area (Å²) < 4.78 is 0. The molecule has 0 amide bonds. The Kier molecular flexibility index (Phi) is 33.9. The van der Waals surface area contributed by atoms with E-state index in [9.17, 15) is 0 Å². The second-order valence-corrected chi connectivity index (χ2v) is 27.7. The third kappa shape index (κ3) is 33.9. The molecule has 0 fully saturated rings. The van der Waals surface area contributed by atoms with Crippen LogP contribution in [-0.2, 0) is 43.3 Å².